The number of aromatic nitrogens is 3. The topological polar surface area (TPSA) is 132 Å². The third-order valence-electron chi connectivity index (χ3n) is 5.72. The zero-order chi connectivity index (χ0) is 28.4. The molecule has 0 saturated carbocycles. The van der Waals surface area contributed by atoms with Crippen LogP contribution in [0.2, 0.25) is 10.0 Å². The van der Waals surface area contributed by atoms with Gasteiger partial charge in [-0.2, -0.15) is 19.3 Å². The summed E-state index contributed by atoms with van der Waals surface area (Å²) in [5.74, 6) is 0.225. The third kappa shape index (κ3) is 6.99. The monoisotopic (exact) mass is 593 g/mol. The molecule has 1 fully saturated rings. The van der Waals surface area contributed by atoms with Crippen LogP contribution in [-0.2, 0) is 21.3 Å². The number of nitrogens with one attached hydrogen (secondary N) is 1. The van der Waals surface area contributed by atoms with Crippen LogP contribution in [0.1, 0.15) is 26.3 Å². The molecule has 1 saturated heterocycles. The van der Waals surface area contributed by atoms with Gasteiger partial charge in [0, 0.05) is 29.7 Å². The number of amides is 1. The number of ether oxygens (including phenoxy) is 2. The molecule has 14 heteroatoms. The summed E-state index contributed by atoms with van der Waals surface area (Å²) in [6.45, 7) is 5.63. The minimum atomic E-state index is -4.24. The predicted octanol–water partition coefficient (Wildman–Crippen LogP) is 3.98. The average Bonchev–Trinajstić information content (AvgIpc) is 3.35. The van der Waals surface area contributed by atoms with Gasteiger partial charge in [0.05, 0.1) is 17.7 Å². The molecule has 0 aliphatic carbocycles. The normalized spacial score (nSPS) is 16.5. The van der Waals surface area contributed by atoms with Crippen LogP contribution >= 0.6 is 23.2 Å². The zero-order valence-corrected chi connectivity index (χ0v) is 23.8. The molecule has 1 atom stereocenters. The van der Waals surface area contributed by atoms with Crippen LogP contribution in [0, 0.1) is 11.3 Å². The highest BCUT2D eigenvalue weighted by atomic mass is 35.5. The lowest BCUT2D eigenvalue weighted by Gasteiger charge is -2.40. The summed E-state index contributed by atoms with van der Waals surface area (Å²) >= 11 is 12.2. The zero-order valence-electron chi connectivity index (χ0n) is 21.5. The van der Waals surface area contributed by atoms with E-state index in [0.29, 0.717) is 10.0 Å². The number of H-pyrrole nitrogens is 1. The second-order valence-corrected chi connectivity index (χ2v) is 12.6. The molecular formula is C25H27Cl2N6O5S+. The van der Waals surface area contributed by atoms with Gasteiger partial charge in [-0.05, 0) is 62.2 Å². The fraction of sp³-hybridized carbons (Fsp3) is 0.360. The summed E-state index contributed by atoms with van der Waals surface area (Å²) in [5, 5.41) is 13.0. The molecule has 1 N–H and O–H groups in total. The summed E-state index contributed by atoms with van der Waals surface area (Å²) < 4.78 is 42.7. The lowest BCUT2D eigenvalue weighted by molar-refractivity contribution is -0.754. The summed E-state index contributed by atoms with van der Waals surface area (Å²) in [5.41, 5.74) is -0.571. The maximum absolute atomic E-state index is 14.2. The first-order valence-corrected chi connectivity index (χ1v) is 14.1. The first-order chi connectivity index (χ1) is 18.4. The van der Waals surface area contributed by atoms with Crippen LogP contribution in [0.4, 0.5) is 4.79 Å². The Labute approximate surface area is 236 Å². The Bertz CT molecular complexity index is 1480. The first-order valence-electron chi connectivity index (χ1n) is 11.9. The summed E-state index contributed by atoms with van der Waals surface area (Å²) in [7, 11) is -4.24. The van der Waals surface area contributed by atoms with Crippen molar-refractivity contribution in [2.45, 2.75) is 43.9 Å². The fourth-order valence-corrected chi connectivity index (χ4v) is 6.33. The van der Waals surface area contributed by atoms with Crippen LogP contribution in [-0.4, -0.2) is 65.1 Å². The number of rotatable bonds is 6. The molecule has 2 aromatic carbocycles. The van der Waals surface area contributed by atoms with E-state index in [1.807, 2.05) is 6.07 Å². The van der Waals surface area contributed by atoms with E-state index in [4.69, 9.17) is 32.7 Å². The van der Waals surface area contributed by atoms with Gasteiger partial charge in [-0.15, -0.1) is 0 Å². The van der Waals surface area contributed by atoms with Crippen molar-refractivity contribution >= 4 is 39.3 Å². The number of aromatic amines is 1. The Morgan fingerprint density at radius 3 is 2.54 bits per heavy atom. The third-order valence-corrected chi connectivity index (χ3v) is 8.12. The predicted molar refractivity (Wildman–Crippen MR) is 142 cm³/mol. The molecule has 1 amide bonds. The number of carbonyl (C=O) groups excluding carboxylic acids is 1. The SMILES string of the molecule is CC(C)(C)OC(=O)N1CCN(S(=O)(=O)c2cc(C#N)ccc2Oc2cc(Cl)cc(Cl)c2)C(C[n+]2cnc[nH]2)C1. The highest BCUT2D eigenvalue weighted by Crippen LogP contribution is 2.35. The molecule has 11 nitrogen and oxygen atoms in total. The van der Waals surface area contributed by atoms with Crippen molar-refractivity contribution in [2.75, 3.05) is 19.6 Å². The van der Waals surface area contributed by atoms with Crippen LogP contribution in [0.25, 0.3) is 0 Å². The number of hydrogen-bond donors (Lipinski definition) is 1. The minimum Gasteiger partial charge on any atom is -0.456 e. The van der Waals surface area contributed by atoms with E-state index >= 15 is 0 Å². The largest absolute Gasteiger partial charge is 0.456 e. The van der Waals surface area contributed by atoms with E-state index in [0.717, 1.165) is 0 Å². The number of nitrogens with zero attached hydrogens (tertiary/aromatic N) is 5. The molecule has 0 spiro atoms. The van der Waals surface area contributed by atoms with Crippen LogP contribution < -0.4 is 9.42 Å². The van der Waals surface area contributed by atoms with E-state index in [1.54, 1.807) is 25.5 Å². The summed E-state index contributed by atoms with van der Waals surface area (Å²) in [6, 6.07) is 9.93. The Hall–Kier alpha value is -3.37. The van der Waals surface area contributed by atoms with Crippen molar-refractivity contribution in [1.82, 2.24) is 19.3 Å². The number of sulfonamides is 1. The average molecular weight is 595 g/mol. The number of hydrogen-bond acceptors (Lipinski definition) is 7. The van der Waals surface area contributed by atoms with Crippen molar-refractivity contribution < 1.29 is 27.4 Å². The van der Waals surface area contributed by atoms with Crippen molar-refractivity contribution in [2.24, 2.45) is 0 Å². The highest BCUT2D eigenvalue weighted by Gasteiger charge is 2.41. The van der Waals surface area contributed by atoms with Gasteiger partial charge in [0.2, 0.25) is 16.4 Å². The molecule has 1 unspecified atom stereocenters. The Morgan fingerprint density at radius 2 is 1.92 bits per heavy atom. The maximum atomic E-state index is 14.2. The molecule has 1 aliphatic rings. The molecule has 0 bridgehead atoms. The van der Waals surface area contributed by atoms with Gasteiger partial charge < -0.3 is 14.4 Å². The molecule has 3 aromatic rings. The summed E-state index contributed by atoms with van der Waals surface area (Å²) in [4.78, 5) is 18.1. The van der Waals surface area contributed by atoms with Crippen molar-refractivity contribution in [3.8, 4) is 17.6 Å². The van der Waals surface area contributed by atoms with Gasteiger partial charge in [0.15, 0.2) is 0 Å². The molecular weight excluding hydrogens is 567 g/mol. The Kier molecular flexibility index (Phi) is 8.37. The smallest absolute Gasteiger partial charge is 0.410 e. The van der Waals surface area contributed by atoms with Gasteiger partial charge in [-0.3, -0.25) is 0 Å². The minimum absolute atomic E-state index is 0.00477. The highest BCUT2D eigenvalue weighted by molar-refractivity contribution is 7.89. The van der Waals surface area contributed by atoms with Crippen molar-refractivity contribution in [1.29, 1.82) is 5.26 Å². The van der Waals surface area contributed by atoms with Gasteiger partial charge >= 0.3 is 12.4 Å². The molecule has 4 rings (SSSR count). The number of halogens is 2. The number of nitriles is 1. The van der Waals surface area contributed by atoms with E-state index in [2.05, 4.69) is 10.1 Å². The van der Waals surface area contributed by atoms with E-state index in [-0.39, 0.29) is 48.1 Å². The van der Waals surface area contributed by atoms with Gasteiger partial charge in [0.1, 0.15) is 28.5 Å². The molecule has 1 aliphatic heterocycles. The molecule has 2 heterocycles. The standard InChI is InChI=1S/C25H26Cl2N6O5S/c1-25(2,3)38-24(34)31-6-7-33(20(13-31)14-32-16-29-15-30-32)39(35,36)23-8-17(12-28)4-5-22(23)37-21-10-18(26)9-19(27)11-21/h4-5,8-11,15-16,20H,6-7,13-14H2,1-3H3/p+1. The van der Waals surface area contributed by atoms with E-state index in [9.17, 15) is 18.5 Å². The quantitative estimate of drug-likeness (QED) is 0.427. The van der Waals surface area contributed by atoms with Crippen LogP contribution in [0.5, 0.6) is 11.5 Å². The van der Waals surface area contributed by atoms with Crippen molar-refractivity contribution in [3.63, 3.8) is 0 Å². The van der Waals surface area contributed by atoms with Gasteiger partial charge in [-0.1, -0.05) is 23.2 Å². The first kappa shape index (κ1) is 28.6. The van der Waals surface area contributed by atoms with E-state index in [1.165, 1.54) is 58.3 Å². The number of carbonyl (C=O) groups is 1. The van der Waals surface area contributed by atoms with Crippen LogP contribution in [0.3, 0.4) is 0 Å². The molecule has 39 heavy (non-hydrogen) atoms. The molecule has 0 radical (unpaired) electrons. The maximum Gasteiger partial charge on any atom is 0.410 e. The van der Waals surface area contributed by atoms with E-state index < -0.39 is 27.8 Å². The number of piperazine rings is 1. The second kappa shape index (κ2) is 11.4. The van der Waals surface area contributed by atoms with Gasteiger partial charge in [-0.25, -0.2) is 13.2 Å². The lowest BCUT2D eigenvalue weighted by atomic mass is 10.2. The molecule has 206 valence electrons. The summed E-state index contributed by atoms with van der Waals surface area (Å²) in [6.07, 6.45) is 2.45. The van der Waals surface area contributed by atoms with Gasteiger partial charge in [0.25, 0.3) is 0 Å². The van der Waals surface area contributed by atoms with Crippen molar-refractivity contribution in [3.05, 3.63) is 64.7 Å². The fourth-order valence-electron chi connectivity index (χ4n) is 4.08. The Balaban J connectivity index is 1.71. The number of benzene rings is 2. The second-order valence-electron chi connectivity index (χ2n) is 9.85. The van der Waals surface area contributed by atoms with Crippen LogP contribution in [0.15, 0.2) is 53.9 Å². The molecule has 1 aromatic heterocycles. The Morgan fingerprint density at radius 1 is 1.21 bits per heavy atom. The lowest BCUT2D eigenvalue weighted by Crippen LogP contribution is -2.61.